The van der Waals surface area contributed by atoms with Crippen LogP contribution in [0.15, 0.2) is 18.2 Å². The maximum Gasteiger partial charge on any atom is 0.345 e. The van der Waals surface area contributed by atoms with Crippen LogP contribution in [0.4, 0.5) is 4.39 Å². The highest BCUT2D eigenvalue weighted by Crippen LogP contribution is 2.33. The first-order chi connectivity index (χ1) is 8.22. The molecule has 1 atom stereocenters. The lowest BCUT2D eigenvalue weighted by Crippen LogP contribution is -2.16. The molecule has 0 saturated heterocycles. The molecule has 1 heterocycles. The van der Waals surface area contributed by atoms with Crippen molar-refractivity contribution in [3.8, 4) is 11.5 Å². The van der Waals surface area contributed by atoms with Crippen molar-refractivity contribution < 1.29 is 23.4 Å². The van der Waals surface area contributed by atoms with Crippen molar-refractivity contribution in [2.24, 2.45) is 0 Å². The smallest absolute Gasteiger partial charge is 0.345 e. The summed E-state index contributed by atoms with van der Waals surface area (Å²) in [5, 5.41) is 0. The van der Waals surface area contributed by atoms with Gasteiger partial charge in [-0.25, -0.2) is 9.18 Å². The van der Waals surface area contributed by atoms with Crippen LogP contribution in [0, 0.1) is 0 Å². The summed E-state index contributed by atoms with van der Waals surface area (Å²) in [6, 6.07) is 4.56. The molecular formula is C12H13FO4. The molecule has 1 unspecified atom stereocenters. The van der Waals surface area contributed by atoms with Gasteiger partial charge in [0.15, 0.2) is 11.5 Å². The van der Waals surface area contributed by atoms with Crippen molar-refractivity contribution in [3.63, 3.8) is 0 Å². The number of halogens is 1. The Hall–Kier alpha value is -1.78. The van der Waals surface area contributed by atoms with Gasteiger partial charge in [-0.15, -0.1) is 0 Å². The average Bonchev–Trinajstić information content (AvgIpc) is 2.37. The number of hydrogen-bond acceptors (Lipinski definition) is 4. The van der Waals surface area contributed by atoms with E-state index < -0.39 is 12.1 Å². The first-order valence-corrected chi connectivity index (χ1v) is 5.42. The molecule has 1 aliphatic rings. The Morgan fingerprint density at radius 3 is 2.82 bits per heavy atom. The molecule has 5 heteroatoms. The van der Waals surface area contributed by atoms with Gasteiger partial charge in [0.2, 0.25) is 6.17 Å². The Balaban J connectivity index is 2.18. The number of carbonyl (C=O) groups is 1. The number of fused-ring (bicyclic) bond motifs is 1. The fourth-order valence-corrected chi connectivity index (χ4v) is 1.57. The summed E-state index contributed by atoms with van der Waals surface area (Å²) in [6.45, 7) is 2.69. The predicted octanol–water partition coefficient (Wildman–Crippen LogP) is 2.03. The van der Waals surface area contributed by atoms with E-state index in [2.05, 4.69) is 4.74 Å². The first kappa shape index (κ1) is 11.7. The van der Waals surface area contributed by atoms with Crippen LogP contribution >= 0.6 is 0 Å². The summed E-state index contributed by atoms with van der Waals surface area (Å²) >= 11 is 0. The lowest BCUT2D eigenvalue weighted by molar-refractivity contribution is -0.149. The Morgan fingerprint density at radius 1 is 1.41 bits per heavy atom. The first-order valence-electron chi connectivity index (χ1n) is 5.42. The van der Waals surface area contributed by atoms with Gasteiger partial charge in [-0.1, -0.05) is 6.07 Å². The van der Waals surface area contributed by atoms with E-state index in [1.54, 1.807) is 13.0 Å². The van der Waals surface area contributed by atoms with Crippen LogP contribution in [0.5, 0.6) is 11.5 Å². The highest BCUT2D eigenvalue weighted by Gasteiger charge is 2.23. The number of ether oxygens (including phenoxy) is 3. The SMILES string of the molecule is CCOC(=O)C(F)c1ccc2c(c1)OCCO2. The zero-order valence-electron chi connectivity index (χ0n) is 9.44. The maximum atomic E-state index is 13.7. The molecule has 1 aromatic rings. The van der Waals surface area contributed by atoms with Crippen molar-refractivity contribution in [2.45, 2.75) is 13.1 Å². The molecule has 0 aliphatic carbocycles. The molecule has 0 radical (unpaired) electrons. The van der Waals surface area contributed by atoms with Gasteiger partial charge >= 0.3 is 5.97 Å². The van der Waals surface area contributed by atoms with Crippen molar-refractivity contribution in [3.05, 3.63) is 23.8 Å². The Labute approximate surface area is 98.3 Å². The van der Waals surface area contributed by atoms with Crippen LogP contribution < -0.4 is 9.47 Å². The van der Waals surface area contributed by atoms with Gasteiger partial charge in [0.1, 0.15) is 13.2 Å². The number of esters is 1. The third-order valence-electron chi connectivity index (χ3n) is 2.35. The second kappa shape index (κ2) is 5.03. The van der Waals surface area contributed by atoms with Crippen LogP contribution in [0.2, 0.25) is 0 Å². The van der Waals surface area contributed by atoms with Crippen molar-refractivity contribution >= 4 is 5.97 Å². The van der Waals surface area contributed by atoms with E-state index in [0.717, 1.165) is 0 Å². The predicted molar refractivity (Wildman–Crippen MR) is 57.9 cm³/mol. The number of alkyl halides is 1. The lowest BCUT2D eigenvalue weighted by atomic mass is 10.1. The van der Waals surface area contributed by atoms with Crippen molar-refractivity contribution in [2.75, 3.05) is 19.8 Å². The Morgan fingerprint density at radius 2 is 2.12 bits per heavy atom. The molecule has 0 N–H and O–H groups in total. The third-order valence-corrected chi connectivity index (χ3v) is 2.35. The van der Waals surface area contributed by atoms with Gasteiger partial charge in [0, 0.05) is 5.56 Å². The van der Waals surface area contributed by atoms with E-state index in [0.29, 0.717) is 24.7 Å². The molecule has 1 aromatic carbocycles. The molecule has 0 aromatic heterocycles. The number of rotatable bonds is 3. The van der Waals surface area contributed by atoms with Gasteiger partial charge in [0.25, 0.3) is 0 Å². The van der Waals surface area contributed by atoms with Gasteiger partial charge in [-0.3, -0.25) is 0 Å². The number of hydrogen-bond donors (Lipinski definition) is 0. The molecule has 4 nitrogen and oxygen atoms in total. The van der Waals surface area contributed by atoms with Gasteiger partial charge in [-0.05, 0) is 19.1 Å². The van der Waals surface area contributed by atoms with Crippen molar-refractivity contribution in [1.29, 1.82) is 0 Å². The maximum absolute atomic E-state index is 13.7. The molecule has 0 amide bonds. The lowest BCUT2D eigenvalue weighted by Gasteiger charge is -2.19. The van der Waals surface area contributed by atoms with Crippen LogP contribution in [-0.2, 0) is 9.53 Å². The fraction of sp³-hybridized carbons (Fsp3) is 0.417. The van der Waals surface area contributed by atoms with E-state index in [1.807, 2.05) is 0 Å². The highest BCUT2D eigenvalue weighted by atomic mass is 19.1. The van der Waals surface area contributed by atoms with Crippen LogP contribution in [0.25, 0.3) is 0 Å². The Bertz CT molecular complexity index is 419. The fourth-order valence-electron chi connectivity index (χ4n) is 1.57. The quantitative estimate of drug-likeness (QED) is 0.758. The molecule has 2 rings (SSSR count). The minimum atomic E-state index is -1.79. The summed E-state index contributed by atoms with van der Waals surface area (Å²) in [6.07, 6.45) is -1.79. The van der Waals surface area contributed by atoms with E-state index in [4.69, 9.17) is 9.47 Å². The molecule has 92 valence electrons. The number of benzene rings is 1. The van der Waals surface area contributed by atoms with E-state index in [1.165, 1.54) is 12.1 Å². The number of carbonyl (C=O) groups excluding carboxylic acids is 1. The zero-order valence-corrected chi connectivity index (χ0v) is 9.44. The molecule has 0 spiro atoms. The van der Waals surface area contributed by atoms with Crippen molar-refractivity contribution in [1.82, 2.24) is 0 Å². The monoisotopic (exact) mass is 240 g/mol. The summed E-state index contributed by atoms with van der Waals surface area (Å²) in [5.41, 5.74) is 0.215. The molecular weight excluding hydrogens is 227 g/mol. The molecule has 0 bridgehead atoms. The highest BCUT2D eigenvalue weighted by molar-refractivity contribution is 5.76. The average molecular weight is 240 g/mol. The van der Waals surface area contributed by atoms with E-state index in [9.17, 15) is 9.18 Å². The zero-order chi connectivity index (χ0) is 12.3. The van der Waals surface area contributed by atoms with Crippen LogP contribution in [0.3, 0.4) is 0 Å². The van der Waals surface area contributed by atoms with E-state index in [-0.39, 0.29) is 12.2 Å². The summed E-state index contributed by atoms with van der Waals surface area (Å²) in [7, 11) is 0. The van der Waals surface area contributed by atoms with Crippen LogP contribution in [-0.4, -0.2) is 25.8 Å². The van der Waals surface area contributed by atoms with Gasteiger partial charge < -0.3 is 14.2 Å². The Kier molecular flexibility index (Phi) is 3.46. The third kappa shape index (κ3) is 2.49. The topological polar surface area (TPSA) is 44.8 Å². The summed E-state index contributed by atoms with van der Waals surface area (Å²) < 4.78 is 28.9. The minimum Gasteiger partial charge on any atom is -0.486 e. The molecule has 17 heavy (non-hydrogen) atoms. The molecule has 0 fully saturated rings. The summed E-state index contributed by atoms with van der Waals surface area (Å²) in [5.74, 6) is 0.140. The molecule has 0 saturated carbocycles. The van der Waals surface area contributed by atoms with Gasteiger partial charge in [-0.2, -0.15) is 0 Å². The van der Waals surface area contributed by atoms with Crippen LogP contribution in [0.1, 0.15) is 18.7 Å². The molecule has 1 aliphatic heterocycles. The minimum absolute atomic E-state index is 0.157. The van der Waals surface area contributed by atoms with E-state index >= 15 is 0 Å². The van der Waals surface area contributed by atoms with Gasteiger partial charge in [0.05, 0.1) is 6.61 Å². The normalized spacial score (nSPS) is 15.2. The largest absolute Gasteiger partial charge is 0.486 e. The second-order valence-corrected chi connectivity index (χ2v) is 3.52. The second-order valence-electron chi connectivity index (χ2n) is 3.52. The summed E-state index contributed by atoms with van der Waals surface area (Å²) in [4.78, 5) is 11.2. The standard InChI is InChI=1S/C12H13FO4/c1-2-15-12(14)11(13)8-3-4-9-10(7-8)17-6-5-16-9/h3-4,7,11H,2,5-6H2,1H3.